The summed E-state index contributed by atoms with van der Waals surface area (Å²) < 4.78 is 0. The quantitative estimate of drug-likeness (QED) is 0.929. The van der Waals surface area contributed by atoms with E-state index in [0.717, 1.165) is 16.8 Å². The number of nitrogens with zero attached hydrogens (tertiary/aromatic N) is 1. The van der Waals surface area contributed by atoms with E-state index in [1.54, 1.807) is 11.3 Å². The lowest BCUT2D eigenvalue weighted by Gasteiger charge is -2.53. The molecule has 4 fully saturated rings. The number of hydrogen-bond acceptors (Lipinski definition) is 3. The number of nitrogens with one attached hydrogen (secondary N) is 1. The average molecular weight is 290 g/mol. The van der Waals surface area contributed by atoms with E-state index in [9.17, 15) is 4.79 Å². The van der Waals surface area contributed by atoms with Crippen molar-refractivity contribution in [3.63, 3.8) is 0 Å². The third-order valence-corrected chi connectivity index (χ3v) is 6.55. The van der Waals surface area contributed by atoms with Gasteiger partial charge in [0.1, 0.15) is 0 Å². The van der Waals surface area contributed by atoms with Gasteiger partial charge in [-0.25, -0.2) is 4.98 Å². The molecule has 4 aliphatic carbocycles. The van der Waals surface area contributed by atoms with Gasteiger partial charge in [-0.05, 0) is 62.7 Å². The minimum Gasteiger partial charge on any atom is -0.351 e. The first-order valence-corrected chi connectivity index (χ1v) is 8.69. The highest BCUT2D eigenvalue weighted by atomic mass is 32.1. The van der Waals surface area contributed by atoms with Crippen molar-refractivity contribution in [1.29, 1.82) is 0 Å². The molecule has 4 saturated carbocycles. The van der Waals surface area contributed by atoms with Gasteiger partial charge >= 0.3 is 0 Å². The summed E-state index contributed by atoms with van der Waals surface area (Å²) in [6, 6.07) is 0. The Morgan fingerprint density at radius 2 is 1.90 bits per heavy atom. The molecule has 1 aromatic heterocycles. The molecule has 0 aliphatic heterocycles. The molecule has 108 valence electrons. The van der Waals surface area contributed by atoms with Crippen molar-refractivity contribution in [3.8, 4) is 0 Å². The minimum atomic E-state index is 0.303. The summed E-state index contributed by atoms with van der Waals surface area (Å²) in [6.45, 7) is 2.67. The van der Waals surface area contributed by atoms with Gasteiger partial charge in [-0.2, -0.15) is 0 Å². The van der Waals surface area contributed by atoms with E-state index in [-0.39, 0.29) is 0 Å². The van der Waals surface area contributed by atoms with Crippen LogP contribution in [0.5, 0.6) is 0 Å². The molecule has 0 radical (unpaired) electrons. The van der Waals surface area contributed by atoms with Crippen molar-refractivity contribution in [2.45, 2.75) is 45.6 Å². The van der Waals surface area contributed by atoms with Gasteiger partial charge in [0, 0.05) is 17.0 Å². The van der Waals surface area contributed by atoms with Crippen LogP contribution in [-0.2, 0) is 11.3 Å². The fraction of sp³-hybridized carbons (Fsp3) is 0.750. The SMILES string of the molecule is Cc1ncc(CNC(=O)C2C3CC4CC(C3)CC2C4)s1. The summed E-state index contributed by atoms with van der Waals surface area (Å²) in [5.41, 5.74) is 0. The standard InChI is InChI=1S/C16H22N2OS/c1-9-17-7-14(20-9)8-18-16(19)15-12-3-10-2-11(5-12)6-13(15)4-10/h7,10-13,15H,2-6,8H2,1H3,(H,18,19). The number of hydrogen-bond donors (Lipinski definition) is 1. The fourth-order valence-electron chi connectivity index (χ4n) is 5.13. The Balaban J connectivity index is 1.41. The van der Waals surface area contributed by atoms with Crippen LogP contribution in [0.3, 0.4) is 0 Å². The van der Waals surface area contributed by atoms with E-state index in [1.807, 2.05) is 13.1 Å². The Morgan fingerprint density at radius 3 is 2.45 bits per heavy atom. The smallest absolute Gasteiger partial charge is 0.223 e. The van der Waals surface area contributed by atoms with Crippen molar-refractivity contribution >= 4 is 17.2 Å². The summed E-state index contributed by atoms with van der Waals surface area (Å²) in [5.74, 6) is 3.84. The predicted molar refractivity (Wildman–Crippen MR) is 79.2 cm³/mol. The molecule has 0 atom stereocenters. The van der Waals surface area contributed by atoms with Gasteiger partial charge in [-0.15, -0.1) is 11.3 Å². The Hall–Kier alpha value is -0.900. The lowest BCUT2D eigenvalue weighted by molar-refractivity contribution is -0.138. The van der Waals surface area contributed by atoms with Gasteiger partial charge in [0.2, 0.25) is 5.91 Å². The molecule has 0 aromatic carbocycles. The van der Waals surface area contributed by atoms with E-state index in [1.165, 1.54) is 37.0 Å². The second-order valence-electron chi connectivity index (χ2n) is 7.02. The van der Waals surface area contributed by atoms with Crippen molar-refractivity contribution in [2.75, 3.05) is 0 Å². The zero-order chi connectivity index (χ0) is 13.7. The van der Waals surface area contributed by atoms with E-state index in [0.29, 0.717) is 30.2 Å². The topological polar surface area (TPSA) is 42.0 Å². The first-order chi connectivity index (χ1) is 9.69. The molecule has 5 rings (SSSR count). The van der Waals surface area contributed by atoms with Crippen LogP contribution in [0.1, 0.15) is 42.0 Å². The molecule has 4 aliphatic rings. The number of rotatable bonds is 3. The van der Waals surface area contributed by atoms with Crippen molar-refractivity contribution < 1.29 is 4.79 Å². The maximum absolute atomic E-state index is 12.6. The van der Waals surface area contributed by atoms with Crippen molar-refractivity contribution in [3.05, 3.63) is 16.1 Å². The molecule has 0 spiro atoms. The second kappa shape index (κ2) is 4.83. The molecule has 20 heavy (non-hydrogen) atoms. The van der Waals surface area contributed by atoms with Crippen LogP contribution in [0.2, 0.25) is 0 Å². The number of amides is 1. The number of carbonyl (C=O) groups excluding carboxylic acids is 1. The third kappa shape index (κ3) is 2.18. The zero-order valence-electron chi connectivity index (χ0n) is 12.0. The normalized spacial score (nSPS) is 38.1. The molecule has 1 N–H and O–H groups in total. The number of carbonyl (C=O) groups is 1. The Bertz CT molecular complexity index is 496. The van der Waals surface area contributed by atoms with Crippen LogP contribution in [0.25, 0.3) is 0 Å². The van der Waals surface area contributed by atoms with Gasteiger partial charge in [-0.1, -0.05) is 0 Å². The highest BCUT2D eigenvalue weighted by Crippen LogP contribution is 2.56. The lowest BCUT2D eigenvalue weighted by Crippen LogP contribution is -2.50. The average Bonchev–Trinajstić information content (AvgIpc) is 2.81. The van der Waals surface area contributed by atoms with Gasteiger partial charge in [0.05, 0.1) is 11.6 Å². The highest BCUT2D eigenvalue weighted by Gasteiger charge is 2.50. The van der Waals surface area contributed by atoms with E-state index in [2.05, 4.69) is 10.3 Å². The van der Waals surface area contributed by atoms with Gasteiger partial charge in [-0.3, -0.25) is 4.79 Å². The van der Waals surface area contributed by atoms with E-state index < -0.39 is 0 Å². The molecular weight excluding hydrogens is 268 g/mol. The molecule has 4 heteroatoms. The lowest BCUT2D eigenvalue weighted by atomic mass is 9.51. The summed E-state index contributed by atoms with van der Waals surface area (Å²) in [6.07, 6.45) is 8.57. The second-order valence-corrected chi connectivity index (χ2v) is 8.34. The predicted octanol–water partition coefficient (Wildman–Crippen LogP) is 3.14. The van der Waals surface area contributed by atoms with Gasteiger partial charge < -0.3 is 5.32 Å². The largest absolute Gasteiger partial charge is 0.351 e. The van der Waals surface area contributed by atoms with Crippen LogP contribution in [0.4, 0.5) is 0 Å². The Labute approximate surface area is 124 Å². The number of thiazole rings is 1. The summed E-state index contributed by atoms with van der Waals surface area (Å²) in [4.78, 5) is 18.0. The molecule has 4 bridgehead atoms. The summed E-state index contributed by atoms with van der Waals surface area (Å²) >= 11 is 1.68. The molecule has 1 heterocycles. The minimum absolute atomic E-state index is 0.303. The number of aryl methyl sites for hydroxylation is 1. The first kappa shape index (κ1) is 12.8. The number of aromatic nitrogens is 1. The van der Waals surface area contributed by atoms with Crippen molar-refractivity contribution in [2.24, 2.45) is 29.6 Å². The van der Waals surface area contributed by atoms with Crippen LogP contribution in [-0.4, -0.2) is 10.9 Å². The summed E-state index contributed by atoms with van der Waals surface area (Å²) in [5, 5.41) is 4.24. The third-order valence-electron chi connectivity index (χ3n) is 5.64. The molecule has 3 nitrogen and oxygen atoms in total. The van der Waals surface area contributed by atoms with Crippen LogP contribution >= 0.6 is 11.3 Å². The maximum Gasteiger partial charge on any atom is 0.223 e. The monoisotopic (exact) mass is 290 g/mol. The Kier molecular flexibility index (Phi) is 3.09. The van der Waals surface area contributed by atoms with E-state index in [4.69, 9.17) is 0 Å². The Morgan fingerprint density at radius 1 is 1.25 bits per heavy atom. The van der Waals surface area contributed by atoms with Gasteiger partial charge in [0.25, 0.3) is 0 Å². The van der Waals surface area contributed by atoms with Crippen molar-refractivity contribution in [1.82, 2.24) is 10.3 Å². The van der Waals surface area contributed by atoms with Gasteiger partial charge in [0.15, 0.2) is 0 Å². The molecular formula is C16H22N2OS. The van der Waals surface area contributed by atoms with Crippen LogP contribution in [0.15, 0.2) is 6.20 Å². The molecule has 0 saturated heterocycles. The maximum atomic E-state index is 12.6. The molecule has 1 amide bonds. The summed E-state index contributed by atoms with van der Waals surface area (Å²) in [7, 11) is 0. The van der Waals surface area contributed by atoms with E-state index >= 15 is 0 Å². The highest BCUT2D eigenvalue weighted by molar-refractivity contribution is 7.11. The fourth-order valence-corrected chi connectivity index (χ4v) is 5.87. The molecule has 1 aromatic rings. The van der Waals surface area contributed by atoms with Crippen LogP contribution in [0, 0.1) is 36.5 Å². The van der Waals surface area contributed by atoms with Crippen LogP contribution < -0.4 is 5.32 Å². The zero-order valence-corrected chi connectivity index (χ0v) is 12.8. The molecule has 0 unspecified atom stereocenters. The first-order valence-electron chi connectivity index (χ1n) is 7.88.